The van der Waals surface area contributed by atoms with Gasteiger partial charge in [-0.3, -0.25) is 0 Å². The normalized spacial score (nSPS) is 15.2. The van der Waals surface area contributed by atoms with Crippen LogP contribution < -0.4 is 5.32 Å². The Labute approximate surface area is 121 Å². The second-order valence-corrected chi connectivity index (χ2v) is 5.31. The standard InChI is InChI=1S/C12H10BrF3N4/c13-9-2-1-7(5-8(9)12(14,15)16)11-19-18-10-6-17-3-4-20(10)11/h1-2,5,17H,3-4,6H2. The van der Waals surface area contributed by atoms with Crippen molar-refractivity contribution < 1.29 is 13.2 Å². The lowest BCUT2D eigenvalue weighted by atomic mass is 10.1. The van der Waals surface area contributed by atoms with Crippen LogP contribution in [-0.4, -0.2) is 21.3 Å². The van der Waals surface area contributed by atoms with Crippen molar-refractivity contribution in [3.63, 3.8) is 0 Å². The number of hydrogen-bond acceptors (Lipinski definition) is 3. The van der Waals surface area contributed by atoms with Crippen molar-refractivity contribution in [3.05, 3.63) is 34.1 Å². The van der Waals surface area contributed by atoms with Gasteiger partial charge in [-0.05, 0) is 12.1 Å². The molecule has 8 heteroatoms. The maximum absolute atomic E-state index is 12.9. The molecule has 2 aromatic rings. The molecular weight excluding hydrogens is 337 g/mol. The topological polar surface area (TPSA) is 42.7 Å². The number of benzene rings is 1. The van der Waals surface area contributed by atoms with E-state index in [1.54, 1.807) is 6.07 Å². The number of nitrogens with zero attached hydrogens (tertiary/aromatic N) is 3. The zero-order valence-electron chi connectivity index (χ0n) is 10.2. The summed E-state index contributed by atoms with van der Waals surface area (Å²) in [5.74, 6) is 1.21. The maximum atomic E-state index is 12.9. The highest BCUT2D eigenvalue weighted by Gasteiger charge is 2.33. The number of aromatic nitrogens is 3. The summed E-state index contributed by atoms with van der Waals surface area (Å²) in [5.41, 5.74) is -0.289. The minimum atomic E-state index is -4.40. The first-order valence-corrected chi connectivity index (χ1v) is 6.76. The van der Waals surface area contributed by atoms with Gasteiger partial charge < -0.3 is 9.88 Å². The van der Waals surface area contributed by atoms with E-state index in [4.69, 9.17) is 0 Å². The van der Waals surface area contributed by atoms with Gasteiger partial charge in [-0.1, -0.05) is 22.0 Å². The average Bonchev–Trinajstić information content (AvgIpc) is 2.82. The molecule has 1 N–H and O–H groups in total. The van der Waals surface area contributed by atoms with E-state index >= 15 is 0 Å². The fraction of sp³-hybridized carbons (Fsp3) is 0.333. The number of halogens is 4. The Bertz CT molecular complexity index is 651. The molecule has 0 amide bonds. The Balaban J connectivity index is 2.09. The molecule has 0 unspecified atom stereocenters. The van der Waals surface area contributed by atoms with Crippen LogP contribution in [0, 0.1) is 0 Å². The van der Waals surface area contributed by atoms with E-state index < -0.39 is 11.7 Å². The van der Waals surface area contributed by atoms with E-state index in [1.807, 2.05) is 4.57 Å². The van der Waals surface area contributed by atoms with Crippen LogP contribution in [0.25, 0.3) is 11.4 Å². The fourth-order valence-electron chi connectivity index (χ4n) is 2.19. The van der Waals surface area contributed by atoms with Crippen molar-refractivity contribution in [1.82, 2.24) is 20.1 Å². The summed E-state index contributed by atoms with van der Waals surface area (Å²) in [5, 5.41) is 11.2. The Kier molecular flexibility index (Phi) is 3.29. The molecule has 20 heavy (non-hydrogen) atoms. The third-order valence-electron chi connectivity index (χ3n) is 3.15. The molecule has 0 radical (unpaired) electrons. The first kappa shape index (κ1) is 13.6. The quantitative estimate of drug-likeness (QED) is 0.863. The first-order valence-electron chi connectivity index (χ1n) is 5.97. The number of alkyl halides is 3. The SMILES string of the molecule is FC(F)(F)c1cc(-c2nnc3n2CCNC3)ccc1Br. The predicted octanol–water partition coefficient (Wildman–Crippen LogP) is 2.83. The summed E-state index contributed by atoms with van der Waals surface area (Å²) in [6.45, 7) is 1.98. The lowest BCUT2D eigenvalue weighted by Crippen LogP contribution is -2.28. The number of hydrogen-bond donors (Lipinski definition) is 1. The van der Waals surface area contributed by atoms with E-state index in [2.05, 4.69) is 31.4 Å². The van der Waals surface area contributed by atoms with Gasteiger partial charge >= 0.3 is 6.18 Å². The second-order valence-electron chi connectivity index (χ2n) is 4.46. The molecule has 0 atom stereocenters. The molecule has 0 saturated heterocycles. The molecule has 1 aromatic heterocycles. The summed E-state index contributed by atoms with van der Waals surface area (Å²) in [4.78, 5) is 0. The van der Waals surface area contributed by atoms with Gasteiger partial charge in [-0.25, -0.2) is 0 Å². The summed E-state index contributed by atoms with van der Waals surface area (Å²) in [6.07, 6.45) is -4.40. The van der Waals surface area contributed by atoms with Crippen LogP contribution in [0.2, 0.25) is 0 Å². The second kappa shape index (κ2) is 4.85. The van der Waals surface area contributed by atoms with Gasteiger partial charge in [0.1, 0.15) is 5.82 Å². The van der Waals surface area contributed by atoms with Gasteiger partial charge in [0, 0.05) is 23.1 Å². The Hall–Kier alpha value is -1.41. The van der Waals surface area contributed by atoms with E-state index in [-0.39, 0.29) is 4.47 Å². The van der Waals surface area contributed by atoms with E-state index in [1.165, 1.54) is 6.07 Å². The molecule has 0 spiro atoms. The number of rotatable bonds is 1. The van der Waals surface area contributed by atoms with Crippen LogP contribution in [0.3, 0.4) is 0 Å². The molecular formula is C12H10BrF3N4. The van der Waals surface area contributed by atoms with Crippen LogP contribution in [0.4, 0.5) is 13.2 Å². The van der Waals surface area contributed by atoms with Gasteiger partial charge in [0.2, 0.25) is 0 Å². The maximum Gasteiger partial charge on any atom is 0.417 e. The van der Waals surface area contributed by atoms with Crippen molar-refractivity contribution in [2.45, 2.75) is 19.3 Å². The minimum absolute atomic E-state index is 0.0220. The Morgan fingerprint density at radius 2 is 2.05 bits per heavy atom. The fourth-order valence-corrected chi connectivity index (χ4v) is 2.66. The molecule has 4 nitrogen and oxygen atoms in total. The smallest absolute Gasteiger partial charge is 0.309 e. The number of nitrogens with one attached hydrogen (secondary N) is 1. The van der Waals surface area contributed by atoms with Crippen LogP contribution in [-0.2, 0) is 19.3 Å². The molecule has 106 valence electrons. The zero-order chi connectivity index (χ0) is 14.3. The lowest BCUT2D eigenvalue weighted by Gasteiger charge is -2.16. The Morgan fingerprint density at radius 1 is 1.25 bits per heavy atom. The summed E-state index contributed by atoms with van der Waals surface area (Å²) in [6, 6.07) is 4.10. The monoisotopic (exact) mass is 346 g/mol. The zero-order valence-corrected chi connectivity index (χ0v) is 11.8. The molecule has 1 aliphatic heterocycles. The van der Waals surface area contributed by atoms with Gasteiger partial charge in [-0.15, -0.1) is 10.2 Å². The average molecular weight is 347 g/mol. The molecule has 0 saturated carbocycles. The first-order chi connectivity index (χ1) is 9.47. The third-order valence-corrected chi connectivity index (χ3v) is 3.84. The molecule has 0 bridgehead atoms. The lowest BCUT2D eigenvalue weighted by molar-refractivity contribution is -0.138. The van der Waals surface area contributed by atoms with Gasteiger partial charge in [0.15, 0.2) is 5.82 Å². The van der Waals surface area contributed by atoms with Crippen molar-refractivity contribution in [2.24, 2.45) is 0 Å². The molecule has 1 aromatic carbocycles. The van der Waals surface area contributed by atoms with E-state index in [9.17, 15) is 13.2 Å². The van der Waals surface area contributed by atoms with Crippen molar-refractivity contribution >= 4 is 15.9 Å². The molecule has 2 heterocycles. The van der Waals surface area contributed by atoms with Crippen LogP contribution >= 0.6 is 15.9 Å². The number of fused-ring (bicyclic) bond motifs is 1. The van der Waals surface area contributed by atoms with E-state index in [0.717, 1.165) is 18.4 Å². The van der Waals surface area contributed by atoms with Crippen LogP contribution in [0.5, 0.6) is 0 Å². The van der Waals surface area contributed by atoms with Crippen molar-refractivity contribution in [1.29, 1.82) is 0 Å². The highest BCUT2D eigenvalue weighted by Crippen LogP contribution is 2.37. The largest absolute Gasteiger partial charge is 0.417 e. The molecule has 1 aliphatic rings. The summed E-state index contributed by atoms with van der Waals surface area (Å²) < 4.78 is 40.6. The van der Waals surface area contributed by atoms with E-state index in [0.29, 0.717) is 24.5 Å². The van der Waals surface area contributed by atoms with Crippen molar-refractivity contribution in [3.8, 4) is 11.4 Å². The van der Waals surface area contributed by atoms with Gasteiger partial charge in [0.25, 0.3) is 0 Å². The van der Waals surface area contributed by atoms with Crippen LogP contribution in [0.1, 0.15) is 11.4 Å². The molecule has 0 fully saturated rings. The minimum Gasteiger partial charge on any atom is -0.309 e. The highest BCUT2D eigenvalue weighted by atomic mass is 79.9. The molecule has 0 aliphatic carbocycles. The molecule has 3 rings (SSSR count). The predicted molar refractivity (Wildman–Crippen MR) is 69.9 cm³/mol. The third kappa shape index (κ3) is 2.33. The summed E-state index contributed by atoms with van der Waals surface area (Å²) in [7, 11) is 0. The summed E-state index contributed by atoms with van der Waals surface area (Å²) >= 11 is 2.93. The van der Waals surface area contributed by atoms with Gasteiger partial charge in [-0.2, -0.15) is 13.2 Å². The van der Waals surface area contributed by atoms with Crippen LogP contribution in [0.15, 0.2) is 22.7 Å². The van der Waals surface area contributed by atoms with Gasteiger partial charge in [0.05, 0.1) is 12.1 Å². The Morgan fingerprint density at radius 3 is 2.80 bits per heavy atom. The highest BCUT2D eigenvalue weighted by molar-refractivity contribution is 9.10. The van der Waals surface area contributed by atoms with Crippen molar-refractivity contribution in [2.75, 3.05) is 6.54 Å².